The quantitative estimate of drug-likeness (QED) is 0.596. The molecule has 3 rings (SSSR count). The van der Waals surface area contributed by atoms with E-state index in [-0.39, 0.29) is 23.8 Å². The standard InChI is InChI=1S/C21H19ClFN3O2S/c1-13-6-7-17(11-18(13)22)26-20(27)9-8-19(25-26)29-14(2)21(28)24-12-15-4-3-5-16(23)10-15/h3-11,14H,12H2,1-2H3,(H,24,28)/t14-/m0/s1. The number of nitrogens with zero attached hydrogens (tertiary/aromatic N) is 2. The van der Waals surface area contributed by atoms with Crippen LogP contribution in [0.15, 0.2) is 64.4 Å². The molecular weight excluding hydrogens is 413 g/mol. The van der Waals surface area contributed by atoms with E-state index in [1.807, 2.05) is 13.0 Å². The molecule has 0 bridgehead atoms. The van der Waals surface area contributed by atoms with Crippen molar-refractivity contribution < 1.29 is 9.18 Å². The molecule has 0 unspecified atom stereocenters. The van der Waals surface area contributed by atoms with Crippen LogP contribution in [-0.4, -0.2) is 20.9 Å². The normalized spacial score (nSPS) is 11.9. The topological polar surface area (TPSA) is 64.0 Å². The Morgan fingerprint density at radius 2 is 2.03 bits per heavy atom. The van der Waals surface area contributed by atoms with Crippen LogP contribution < -0.4 is 10.9 Å². The lowest BCUT2D eigenvalue weighted by atomic mass is 10.2. The van der Waals surface area contributed by atoms with E-state index in [9.17, 15) is 14.0 Å². The summed E-state index contributed by atoms with van der Waals surface area (Å²) in [4.78, 5) is 24.6. The molecule has 150 valence electrons. The predicted molar refractivity (Wildman–Crippen MR) is 113 cm³/mol. The first-order chi connectivity index (χ1) is 13.8. The van der Waals surface area contributed by atoms with Crippen molar-refractivity contribution in [3.05, 3.63) is 86.9 Å². The zero-order valence-electron chi connectivity index (χ0n) is 15.9. The molecule has 0 aliphatic carbocycles. The van der Waals surface area contributed by atoms with Gasteiger partial charge < -0.3 is 5.32 Å². The number of hydrogen-bond donors (Lipinski definition) is 1. The van der Waals surface area contributed by atoms with Crippen LogP contribution in [-0.2, 0) is 11.3 Å². The molecule has 0 spiro atoms. The average molecular weight is 432 g/mol. The molecule has 0 saturated carbocycles. The van der Waals surface area contributed by atoms with Crippen LogP contribution in [0, 0.1) is 12.7 Å². The van der Waals surface area contributed by atoms with Gasteiger partial charge in [-0.15, -0.1) is 0 Å². The number of benzene rings is 2. The van der Waals surface area contributed by atoms with Crippen LogP contribution in [0.5, 0.6) is 0 Å². The number of thioether (sulfide) groups is 1. The Kier molecular flexibility index (Phi) is 6.71. The molecule has 1 aromatic heterocycles. The first-order valence-electron chi connectivity index (χ1n) is 8.89. The summed E-state index contributed by atoms with van der Waals surface area (Å²) in [5.74, 6) is -0.556. The summed E-state index contributed by atoms with van der Waals surface area (Å²) in [5, 5.41) is 7.73. The molecular formula is C21H19ClFN3O2S. The van der Waals surface area contributed by atoms with Crippen LogP contribution in [0.1, 0.15) is 18.1 Å². The molecule has 0 fully saturated rings. The van der Waals surface area contributed by atoms with E-state index in [2.05, 4.69) is 10.4 Å². The fourth-order valence-corrected chi connectivity index (χ4v) is 3.57. The van der Waals surface area contributed by atoms with Gasteiger partial charge >= 0.3 is 0 Å². The summed E-state index contributed by atoms with van der Waals surface area (Å²) < 4.78 is 14.5. The number of hydrogen-bond acceptors (Lipinski definition) is 4. The number of carbonyl (C=O) groups excluding carboxylic acids is 1. The molecule has 2 aromatic carbocycles. The highest BCUT2D eigenvalue weighted by molar-refractivity contribution is 8.00. The third-order valence-electron chi connectivity index (χ3n) is 4.20. The number of nitrogens with one attached hydrogen (secondary N) is 1. The van der Waals surface area contributed by atoms with E-state index in [1.54, 1.807) is 37.3 Å². The lowest BCUT2D eigenvalue weighted by molar-refractivity contribution is -0.120. The first-order valence-corrected chi connectivity index (χ1v) is 10.1. The SMILES string of the molecule is Cc1ccc(-n2nc(S[C@@H](C)C(=O)NCc3cccc(F)c3)ccc2=O)cc1Cl. The summed E-state index contributed by atoms with van der Waals surface area (Å²) in [7, 11) is 0. The fourth-order valence-electron chi connectivity index (χ4n) is 2.57. The van der Waals surface area contributed by atoms with Gasteiger partial charge in [0, 0.05) is 17.6 Å². The maximum Gasteiger partial charge on any atom is 0.271 e. The van der Waals surface area contributed by atoms with Gasteiger partial charge in [-0.3, -0.25) is 9.59 Å². The molecule has 5 nitrogen and oxygen atoms in total. The summed E-state index contributed by atoms with van der Waals surface area (Å²) in [6.45, 7) is 3.85. The van der Waals surface area contributed by atoms with Crippen LogP contribution in [0.3, 0.4) is 0 Å². The predicted octanol–water partition coefficient (Wildman–Crippen LogP) is 4.13. The van der Waals surface area contributed by atoms with Crippen molar-refractivity contribution in [3.63, 3.8) is 0 Å². The second-order valence-corrected chi connectivity index (χ2v) is 8.23. The summed E-state index contributed by atoms with van der Waals surface area (Å²) in [6, 6.07) is 14.3. The highest BCUT2D eigenvalue weighted by atomic mass is 35.5. The average Bonchev–Trinajstić information content (AvgIpc) is 2.69. The van der Waals surface area contributed by atoms with E-state index in [0.717, 1.165) is 5.56 Å². The van der Waals surface area contributed by atoms with E-state index < -0.39 is 5.25 Å². The summed E-state index contributed by atoms with van der Waals surface area (Å²) in [5.41, 5.74) is 1.84. The number of aromatic nitrogens is 2. The Bertz CT molecular complexity index is 1100. The number of halogens is 2. The van der Waals surface area contributed by atoms with Gasteiger partial charge in [0.05, 0.1) is 10.9 Å². The lowest BCUT2D eigenvalue weighted by Gasteiger charge is -2.13. The van der Waals surface area contributed by atoms with Gasteiger partial charge in [0.1, 0.15) is 10.8 Å². The van der Waals surface area contributed by atoms with Gasteiger partial charge in [0.25, 0.3) is 5.56 Å². The second-order valence-electron chi connectivity index (χ2n) is 6.46. The Balaban J connectivity index is 1.70. The van der Waals surface area contributed by atoms with Gasteiger partial charge in [0.15, 0.2) is 0 Å². The molecule has 0 aliphatic heterocycles. The minimum atomic E-state index is -0.455. The number of amides is 1. The number of rotatable bonds is 6. The second kappa shape index (κ2) is 9.24. The first kappa shape index (κ1) is 21.1. The molecule has 0 saturated heterocycles. The highest BCUT2D eigenvalue weighted by Crippen LogP contribution is 2.22. The minimum absolute atomic E-state index is 0.211. The molecule has 0 aliphatic rings. The fraction of sp³-hybridized carbons (Fsp3) is 0.190. The summed E-state index contributed by atoms with van der Waals surface area (Å²) >= 11 is 7.38. The van der Waals surface area contributed by atoms with E-state index in [0.29, 0.717) is 21.3 Å². The van der Waals surface area contributed by atoms with Crippen molar-refractivity contribution in [1.29, 1.82) is 0 Å². The Morgan fingerprint density at radius 3 is 2.76 bits per heavy atom. The molecule has 3 aromatic rings. The lowest BCUT2D eigenvalue weighted by Crippen LogP contribution is -2.30. The highest BCUT2D eigenvalue weighted by Gasteiger charge is 2.16. The third kappa shape index (κ3) is 5.46. The number of aryl methyl sites for hydroxylation is 1. The molecule has 0 radical (unpaired) electrons. The third-order valence-corrected chi connectivity index (χ3v) is 5.63. The zero-order valence-corrected chi connectivity index (χ0v) is 17.4. The molecule has 29 heavy (non-hydrogen) atoms. The smallest absolute Gasteiger partial charge is 0.271 e. The van der Waals surface area contributed by atoms with Gasteiger partial charge in [-0.05, 0) is 55.3 Å². The molecule has 1 N–H and O–H groups in total. The van der Waals surface area contributed by atoms with Gasteiger partial charge in [-0.25, -0.2) is 4.39 Å². The Morgan fingerprint density at radius 1 is 1.24 bits per heavy atom. The van der Waals surface area contributed by atoms with Crippen LogP contribution in [0.25, 0.3) is 5.69 Å². The van der Waals surface area contributed by atoms with Crippen molar-refractivity contribution >= 4 is 29.3 Å². The molecule has 1 heterocycles. The largest absolute Gasteiger partial charge is 0.351 e. The van der Waals surface area contributed by atoms with Crippen molar-refractivity contribution in [2.75, 3.05) is 0 Å². The van der Waals surface area contributed by atoms with Crippen LogP contribution in [0.4, 0.5) is 4.39 Å². The molecule has 1 amide bonds. The van der Waals surface area contributed by atoms with E-state index in [4.69, 9.17) is 11.6 Å². The van der Waals surface area contributed by atoms with Crippen molar-refractivity contribution in [2.24, 2.45) is 0 Å². The maximum atomic E-state index is 13.2. The minimum Gasteiger partial charge on any atom is -0.351 e. The maximum absolute atomic E-state index is 13.2. The Hall–Kier alpha value is -2.64. The van der Waals surface area contributed by atoms with Crippen LogP contribution >= 0.6 is 23.4 Å². The monoisotopic (exact) mass is 431 g/mol. The van der Waals surface area contributed by atoms with Gasteiger partial charge in [-0.2, -0.15) is 9.78 Å². The van der Waals surface area contributed by atoms with Gasteiger partial charge in [0.2, 0.25) is 5.91 Å². The zero-order chi connectivity index (χ0) is 21.0. The Labute approximate surface area is 176 Å². The van der Waals surface area contributed by atoms with E-state index in [1.165, 1.54) is 34.6 Å². The van der Waals surface area contributed by atoms with Crippen molar-refractivity contribution in [1.82, 2.24) is 15.1 Å². The van der Waals surface area contributed by atoms with Gasteiger partial charge in [-0.1, -0.05) is 41.6 Å². The van der Waals surface area contributed by atoms with Crippen LogP contribution in [0.2, 0.25) is 5.02 Å². The number of carbonyl (C=O) groups is 1. The van der Waals surface area contributed by atoms with E-state index >= 15 is 0 Å². The molecule has 1 atom stereocenters. The molecule has 8 heteroatoms. The van der Waals surface area contributed by atoms with Crippen molar-refractivity contribution in [3.8, 4) is 5.69 Å². The van der Waals surface area contributed by atoms with Crippen molar-refractivity contribution in [2.45, 2.75) is 30.7 Å². The summed E-state index contributed by atoms with van der Waals surface area (Å²) in [6.07, 6.45) is 0.